The van der Waals surface area contributed by atoms with Gasteiger partial charge in [0.05, 0.1) is 23.5 Å². The zero-order valence-corrected chi connectivity index (χ0v) is 15.0. The highest BCUT2D eigenvalue weighted by Gasteiger charge is 2.12. The third-order valence-corrected chi connectivity index (χ3v) is 4.12. The van der Waals surface area contributed by atoms with Crippen LogP contribution in [0.3, 0.4) is 0 Å². The quantitative estimate of drug-likeness (QED) is 0.661. The van der Waals surface area contributed by atoms with Crippen LogP contribution in [0.25, 0.3) is 0 Å². The number of carbonyl (C=O) groups excluding carboxylic acids is 2. The number of rotatable bonds is 5. The first-order valence-corrected chi connectivity index (χ1v) is 8.45. The molecular weight excluding hydrogens is 375 g/mol. The summed E-state index contributed by atoms with van der Waals surface area (Å²) in [6.07, 6.45) is 1.54. The van der Waals surface area contributed by atoms with Gasteiger partial charge in [-0.25, -0.2) is 0 Å². The number of anilines is 1. The van der Waals surface area contributed by atoms with E-state index in [0.29, 0.717) is 32.6 Å². The van der Waals surface area contributed by atoms with E-state index in [1.54, 1.807) is 42.5 Å². The van der Waals surface area contributed by atoms with Gasteiger partial charge < -0.3 is 15.1 Å². The smallest absolute Gasteiger partial charge is 0.255 e. The molecule has 3 rings (SSSR count). The van der Waals surface area contributed by atoms with E-state index in [4.69, 9.17) is 27.6 Å². The largest absolute Gasteiger partial charge is 0.467 e. The van der Waals surface area contributed by atoms with Gasteiger partial charge >= 0.3 is 0 Å². The lowest BCUT2D eigenvalue weighted by Gasteiger charge is -2.09. The van der Waals surface area contributed by atoms with E-state index in [9.17, 15) is 9.59 Å². The fourth-order valence-corrected chi connectivity index (χ4v) is 2.73. The predicted octanol–water partition coefficient (Wildman–Crippen LogP) is 4.77. The molecule has 2 amide bonds. The molecule has 1 aromatic heterocycles. The topological polar surface area (TPSA) is 71.3 Å². The maximum Gasteiger partial charge on any atom is 0.255 e. The zero-order chi connectivity index (χ0) is 18.5. The molecule has 0 aliphatic rings. The van der Waals surface area contributed by atoms with Crippen LogP contribution < -0.4 is 10.6 Å². The maximum absolute atomic E-state index is 12.4. The third-order valence-electron chi connectivity index (χ3n) is 3.57. The summed E-state index contributed by atoms with van der Waals surface area (Å²) < 4.78 is 5.17. The van der Waals surface area contributed by atoms with Crippen LogP contribution in [-0.2, 0) is 6.54 Å². The number of hydrogen-bond acceptors (Lipinski definition) is 3. The van der Waals surface area contributed by atoms with Gasteiger partial charge in [0.25, 0.3) is 11.8 Å². The predicted molar refractivity (Wildman–Crippen MR) is 101 cm³/mol. The summed E-state index contributed by atoms with van der Waals surface area (Å²) in [6, 6.07) is 14.7. The van der Waals surface area contributed by atoms with E-state index in [-0.39, 0.29) is 18.4 Å². The molecule has 1 heterocycles. The molecule has 0 fully saturated rings. The van der Waals surface area contributed by atoms with Gasteiger partial charge in [0, 0.05) is 16.1 Å². The number of hydrogen-bond donors (Lipinski definition) is 2. The van der Waals surface area contributed by atoms with Gasteiger partial charge in [0.1, 0.15) is 5.76 Å². The Hall–Kier alpha value is -2.76. The second-order valence-corrected chi connectivity index (χ2v) is 6.26. The Morgan fingerprint density at radius 3 is 2.38 bits per heavy atom. The normalized spacial score (nSPS) is 10.4. The Bertz CT molecular complexity index is 940. The molecule has 0 aliphatic heterocycles. The molecule has 0 bridgehead atoms. The van der Waals surface area contributed by atoms with Crippen LogP contribution in [0.5, 0.6) is 0 Å². The Labute approximate surface area is 159 Å². The van der Waals surface area contributed by atoms with Gasteiger partial charge in [-0.05, 0) is 48.5 Å². The summed E-state index contributed by atoms with van der Waals surface area (Å²) in [7, 11) is 0. The fraction of sp³-hybridized carbons (Fsp3) is 0.0526. The highest BCUT2D eigenvalue weighted by atomic mass is 35.5. The molecule has 26 heavy (non-hydrogen) atoms. The van der Waals surface area contributed by atoms with Crippen molar-refractivity contribution in [1.29, 1.82) is 0 Å². The molecule has 0 aliphatic carbocycles. The van der Waals surface area contributed by atoms with Crippen LogP contribution in [0.15, 0.2) is 65.3 Å². The van der Waals surface area contributed by atoms with Crippen molar-refractivity contribution in [2.45, 2.75) is 6.54 Å². The zero-order valence-electron chi connectivity index (χ0n) is 13.5. The van der Waals surface area contributed by atoms with Gasteiger partial charge in [-0.1, -0.05) is 29.3 Å². The van der Waals surface area contributed by atoms with E-state index in [2.05, 4.69) is 10.6 Å². The second-order valence-electron chi connectivity index (χ2n) is 5.42. The Kier molecular flexibility index (Phi) is 5.61. The minimum absolute atomic E-state index is 0.267. The van der Waals surface area contributed by atoms with Crippen LogP contribution >= 0.6 is 23.2 Å². The lowest BCUT2D eigenvalue weighted by Crippen LogP contribution is -2.23. The molecule has 0 atom stereocenters. The highest BCUT2D eigenvalue weighted by Crippen LogP contribution is 2.25. The molecule has 0 spiro atoms. The van der Waals surface area contributed by atoms with Crippen LogP contribution in [0.1, 0.15) is 26.5 Å². The molecule has 0 saturated heterocycles. The second kappa shape index (κ2) is 8.08. The summed E-state index contributed by atoms with van der Waals surface area (Å²) in [5.74, 6) is -0.0416. The van der Waals surface area contributed by atoms with Crippen LogP contribution in [-0.4, -0.2) is 11.8 Å². The average molecular weight is 389 g/mol. The maximum atomic E-state index is 12.4. The minimum atomic E-state index is -0.380. The molecule has 3 aromatic rings. The molecular formula is C19H14Cl2N2O3. The first kappa shape index (κ1) is 18.0. The van der Waals surface area contributed by atoms with Gasteiger partial charge in [0.15, 0.2) is 0 Å². The standard InChI is InChI=1S/C19H14Cl2N2O3/c20-14-6-7-17(16(21)10-14)23-19(25)13-4-1-3-12(9-13)18(24)22-11-15-5-2-8-26-15/h1-10H,11H2,(H,22,24)(H,23,25). The van der Waals surface area contributed by atoms with E-state index >= 15 is 0 Å². The Morgan fingerprint density at radius 1 is 0.923 bits per heavy atom. The minimum Gasteiger partial charge on any atom is -0.467 e. The van der Waals surface area contributed by atoms with Gasteiger partial charge in [-0.2, -0.15) is 0 Å². The number of carbonyl (C=O) groups is 2. The highest BCUT2D eigenvalue weighted by molar-refractivity contribution is 6.36. The Balaban J connectivity index is 1.69. The van der Waals surface area contributed by atoms with Crippen molar-refractivity contribution in [3.8, 4) is 0 Å². The van der Waals surface area contributed by atoms with E-state index in [1.165, 1.54) is 18.4 Å². The number of amides is 2. The third kappa shape index (κ3) is 4.45. The number of benzene rings is 2. The fourth-order valence-electron chi connectivity index (χ4n) is 2.27. The first-order chi connectivity index (χ1) is 12.5. The molecule has 2 aromatic carbocycles. The van der Waals surface area contributed by atoms with Gasteiger partial charge in [-0.15, -0.1) is 0 Å². The molecule has 132 valence electrons. The summed E-state index contributed by atoms with van der Waals surface area (Å²) in [4.78, 5) is 24.7. The van der Waals surface area contributed by atoms with Crippen LogP contribution in [0.4, 0.5) is 5.69 Å². The van der Waals surface area contributed by atoms with Crippen molar-refractivity contribution in [2.24, 2.45) is 0 Å². The average Bonchev–Trinajstić information content (AvgIpc) is 3.15. The molecule has 0 unspecified atom stereocenters. The Morgan fingerprint density at radius 2 is 1.69 bits per heavy atom. The molecule has 2 N–H and O–H groups in total. The van der Waals surface area contributed by atoms with Gasteiger partial charge in [0.2, 0.25) is 0 Å². The number of furan rings is 1. The summed E-state index contributed by atoms with van der Waals surface area (Å²) >= 11 is 11.9. The number of nitrogens with one attached hydrogen (secondary N) is 2. The summed E-state index contributed by atoms with van der Waals surface area (Å²) in [5.41, 5.74) is 1.14. The first-order valence-electron chi connectivity index (χ1n) is 7.70. The van der Waals surface area contributed by atoms with Crippen molar-refractivity contribution in [3.05, 3.63) is 87.8 Å². The SMILES string of the molecule is O=C(NCc1ccco1)c1cccc(C(=O)Nc2ccc(Cl)cc2Cl)c1. The molecule has 5 nitrogen and oxygen atoms in total. The van der Waals surface area contributed by atoms with Crippen molar-refractivity contribution in [3.63, 3.8) is 0 Å². The summed E-state index contributed by atoms with van der Waals surface area (Å²) in [6.45, 7) is 0.267. The van der Waals surface area contributed by atoms with Crippen LogP contribution in [0, 0.1) is 0 Å². The van der Waals surface area contributed by atoms with E-state index in [0.717, 1.165) is 0 Å². The van der Waals surface area contributed by atoms with Crippen molar-refractivity contribution < 1.29 is 14.0 Å². The van der Waals surface area contributed by atoms with E-state index in [1.807, 2.05) is 0 Å². The molecule has 7 heteroatoms. The lowest BCUT2D eigenvalue weighted by molar-refractivity contribution is 0.0948. The van der Waals surface area contributed by atoms with Crippen molar-refractivity contribution in [2.75, 3.05) is 5.32 Å². The van der Waals surface area contributed by atoms with Crippen molar-refractivity contribution in [1.82, 2.24) is 5.32 Å². The van der Waals surface area contributed by atoms with Crippen LogP contribution in [0.2, 0.25) is 10.0 Å². The lowest BCUT2D eigenvalue weighted by atomic mass is 10.1. The molecule has 0 saturated carbocycles. The van der Waals surface area contributed by atoms with Gasteiger partial charge in [-0.3, -0.25) is 9.59 Å². The number of halogens is 2. The summed E-state index contributed by atoms with van der Waals surface area (Å²) in [5, 5.41) is 6.24. The van der Waals surface area contributed by atoms with E-state index < -0.39 is 0 Å². The molecule has 0 radical (unpaired) electrons. The monoisotopic (exact) mass is 388 g/mol. The van der Waals surface area contributed by atoms with Crippen molar-refractivity contribution >= 4 is 40.7 Å².